The van der Waals surface area contributed by atoms with Crippen molar-refractivity contribution in [2.75, 3.05) is 18.6 Å². The molecule has 1 radical (unpaired) electrons. The minimum Gasteiger partial charge on any atom is -0.497 e. The summed E-state index contributed by atoms with van der Waals surface area (Å²) in [4.78, 5) is 2.17. The van der Waals surface area contributed by atoms with Gasteiger partial charge in [0.15, 0.2) is 11.5 Å². The van der Waals surface area contributed by atoms with Crippen LogP contribution >= 0.6 is 0 Å². The first-order chi connectivity index (χ1) is 18.2. The average Bonchev–Trinajstić information content (AvgIpc) is 3.35. The molecule has 0 saturated heterocycles. The molecule has 205 valence electrons. The summed E-state index contributed by atoms with van der Waals surface area (Å²) in [6.45, 7) is 4.82. The number of allylic oxidation sites excluding steroid dienone is 2. The number of aliphatic hydroxyl groups is 1. The van der Waals surface area contributed by atoms with Gasteiger partial charge in [-0.05, 0) is 79.9 Å². The van der Waals surface area contributed by atoms with E-state index in [1.54, 1.807) is 49.7 Å². The maximum absolute atomic E-state index is 13.6. The molecule has 1 atom stereocenters. The van der Waals surface area contributed by atoms with Crippen molar-refractivity contribution in [3.05, 3.63) is 95.2 Å². The Balaban J connectivity index is 0.00000353. The Kier molecular flexibility index (Phi) is 7.98. The minimum atomic E-state index is -3.68. The van der Waals surface area contributed by atoms with E-state index < -0.39 is 11.7 Å². The number of likely N-dealkylation sites (N-methyl/N-ethyl adjacent to an activating group) is 1. The van der Waals surface area contributed by atoms with E-state index >= 15 is 0 Å². The number of fused-ring (bicyclic) bond motifs is 2. The molecule has 0 saturated carbocycles. The quantitative estimate of drug-likeness (QED) is 0.205. The number of ether oxygens (including phenoxy) is 3. The molecule has 1 N–H and O–H groups in total. The molecule has 3 aromatic rings. The van der Waals surface area contributed by atoms with Crippen molar-refractivity contribution in [2.24, 2.45) is 10.2 Å². The summed E-state index contributed by atoms with van der Waals surface area (Å²) in [7, 11) is 1.62. The van der Waals surface area contributed by atoms with Crippen LogP contribution < -0.4 is 19.1 Å². The van der Waals surface area contributed by atoms with E-state index in [0.29, 0.717) is 24.3 Å². The Morgan fingerprint density at radius 3 is 2.51 bits per heavy atom. The predicted molar refractivity (Wildman–Crippen MR) is 142 cm³/mol. The minimum absolute atomic E-state index is 0. The molecule has 0 bridgehead atoms. The molecule has 0 spiro atoms. The Hall–Kier alpha value is -3.89. The molecule has 7 nitrogen and oxygen atoms in total. The molecule has 3 aromatic carbocycles. The van der Waals surface area contributed by atoms with Gasteiger partial charge in [-0.25, -0.2) is 0 Å². The largest absolute Gasteiger partial charge is 0.586 e. The smallest absolute Gasteiger partial charge is 0.497 e. The van der Waals surface area contributed by atoms with Crippen molar-refractivity contribution < 1.29 is 44.9 Å². The number of nitrogens with zero attached hydrogens (tertiary/aromatic N) is 3. The third-order valence-electron chi connectivity index (χ3n) is 6.77. The summed E-state index contributed by atoms with van der Waals surface area (Å²) in [6, 6.07) is 19.7. The van der Waals surface area contributed by atoms with Crippen LogP contribution in [0.25, 0.3) is 0 Å². The van der Waals surface area contributed by atoms with Crippen LogP contribution in [0.2, 0.25) is 0 Å². The van der Waals surface area contributed by atoms with Crippen molar-refractivity contribution >= 4 is 17.8 Å². The second-order valence-corrected chi connectivity index (χ2v) is 9.19. The molecule has 5 rings (SSSR count). The van der Waals surface area contributed by atoms with Gasteiger partial charge in [0.2, 0.25) is 5.90 Å². The van der Waals surface area contributed by atoms with Crippen LogP contribution in [0.4, 0.5) is 14.5 Å². The van der Waals surface area contributed by atoms with Crippen LogP contribution in [0.1, 0.15) is 30.5 Å². The molecule has 0 amide bonds. The van der Waals surface area contributed by atoms with Gasteiger partial charge in [0.05, 0.1) is 13.3 Å². The van der Waals surface area contributed by atoms with Crippen molar-refractivity contribution in [1.29, 1.82) is 0 Å². The summed E-state index contributed by atoms with van der Waals surface area (Å²) >= 11 is 0. The fraction of sp³-hybridized carbons (Fsp3) is 0.241. The number of hydrogen-bond donors (Lipinski definition) is 1. The number of alkyl halides is 2. The third kappa shape index (κ3) is 5.48. The van der Waals surface area contributed by atoms with Crippen LogP contribution in [0.3, 0.4) is 0 Å². The maximum Gasteiger partial charge on any atom is 0.586 e. The van der Waals surface area contributed by atoms with Gasteiger partial charge >= 0.3 is 6.29 Å². The van der Waals surface area contributed by atoms with Crippen LogP contribution in [-0.4, -0.2) is 37.2 Å². The molecular weight excluding hydrogens is 551 g/mol. The van der Waals surface area contributed by atoms with Gasteiger partial charge in [-0.2, -0.15) is 5.10 Å². The van der Waals surface area contributed by atoms with Crippen LogP contribution in [0.5, 0.6) is 17.2 Å². The zero-order valence-corrected chi connectivity index (χ0v) is 22.6. The monoisotopic (exact) mass is 578 g/mol. The summed E-state index contributed by atoms with van der Waals surface area (Å²) in [5.74, 6) is 0.535. The van der Waals surface area contributed by atoms with Gasteiger partial charge < -0.3 is 24.2 Å². The molecule has 2 heterocycles. The standard InChI is InChI=1S/C29H27F2N3O4.Co/c1-4-34-23-12-11-21(36-3)17-22(23)28(2,18-19-10-13-24-25(16-19)38-29(30,31)37-24)26(34)14-15-32-33-27(35)20-8-6-5-7-9-20;/h5-17H,4,18H2,1-3H3,(H,33,35);/b26-14-,32-15+;. The zero-order chi connectivity index (χ0) is 26.9. The van der Waals surface area contributed by atoms with Crippen LogP contribution in [-0.2, 0) is 28.6 Å². The summed E-state index contributed by atoms with van der Waals surface area (Å²) in [5, 5.41) is 18.2. The summed E-state index contributed by atoms with van der Waals surface area (Å²) in [6.07, 6.45) is 0.201. The molecule has 10 heteroatoms. The van der Waals surface area contributed by atoms with E-state index in [4.69, 9.17) is 4.74 Å². The second-order valence-electron chi connectivity index (χ2n) is 9.19. The number of halogens is 2. The molecule has 2 aliphatic heterocycles. The van der Waals surface area contributed by atoms with Crippen LogP contribution in [0, 0.1) is 0 Å². The summed E-state index contributed by atoms with van der Waals surface area (Å²) < 4.78 is 42.0. The van der Waals surface area contributed by atoms with E-state index in [1.807, 2.05) is 37.3 Å². The van der Waals surface area contributed by atoms with Crippen molar-refractivity contribution in [1.82, 2.24) is 0 Å². The Morgan fingerprint density at radius 2 is 1.79 bits per heavy atom. The first-order valence-electron chi connectivity index (χ1n) is 12.1. The van der Waals surface area contributed by atoms with Crippen molar-refractivity contribution in [3.8, 4) is 17.2 Å². The van der Waals surface area contributed by atoms with Gasteiger partial charge in [0.25, 0.3) is 0 Å². The molecule has 2 aliphatic rings. The third-order valence-corrected chi connectivity index (χ3v) is 6.77. The number of anilines is 1. The Morgan fingerprint density at radius 1 is 1.05 bits per heavy atom. The maximum atomic E-state index is 13.6. The van der Waals surface area contributed by atoms with Crippen molar-refractivity contribution in [3.63, 3.8) is 0 Å². The van der Waals surface area contributed by atoms with Gasteiger partial charge in [-0.15, -0.1) is 13.9 Å². The van der Waals surface area contributed by atoms with Crippen molar-refractivity contribution in [2.45, 2.75) is 32.0 Å². The first-order valence-corrected chi connectivity index (χ1v) is 12.1. The number of aliphatic hydroxyl groups excluding tert-OH is 1. The predicted octanol–water partition coefficient (Wildman–Crippen LogP) is 6.23. The fourth-order valence-corrected chi connectivity index (χ4v) is 5.03. The van der Waals surface area contributed by atoms with E-state index in [9.17, 15) is 13.9 Å². The molecule has 1 unspecified atom stereocenters. The van der Waals surface area contributed by atoms with Gasteiger partial charge in [0, 0.05) is 45.7 Å². The normalized spacial score (nSPS) is 20.3. The average molecular weight is 578 g/mol. The number of methoxy groups -OCH3 is 1. The van der Waals surface area contributed by atoms with Gasteiger partial charge in [0.1, 0.15) is 5.75 Å². The molecule has 0 aliphatic carbocycles. The summed E-state index contributed by atoms with van der Waals surface area (Å²) in [5.41, 5.74) is 3.75. The van der Waals surface area contributed by atoms with Gasteiger partial charge in [-0.3, -0.25) is 0 Å². The van der Waals surface area contributed by atoms with Crippen LogP contribution in [0.15, 0.2) is 88.7 Å². The van der Waals surface area contributed by atoms with E-state index in [-0.39, 0.29) is 34.2 Å². The van der Waals surface area contributed by atoms with E-state index in [2.05, 4.69) is 31.5 Å². The first kappa shape index (κ1) is 28.1. The Labute approximate surface area is 235 Å². The number of hydrogen-bond acceptors (Lipinski definition) is 6. The molecule has 0 fully saturated rings. The van der Waals surface area contributed by atoms with E-state index in [0.717, 1.165) is 22.5 Å². The van der Waals surface area contributed by atoms with Gasteiger partial charge in [-0.1, -0.05) is 24.3 Å². The molecular formula is C29H27CoF2N3O4. The molecule has 0 aromatic heterocycles. The zero-order valence-electron chi connectivity index (χ0n) is 21.5. The topological polar surface area (TPSA) is 75.9 Å². The number of rotatable bonds is 7. The second kappa shape index (κ2) is 11.1. The Bertz CT molecular complexity index is 1450. The fourth-order valence-electron chi connectivity index (χ4n) is 5.03. The number of benzene rings is 3. The SMILES string of the molecule is CCN1\C(=C/C=N/N=C(\O)c2ccccc2)C(C)(Cc2ccc3c(c2)OC(F)(F)O3)c2cc(OC)ccc21.[Co]. The molecule has 39 heavy (non-hydrogen) atoms. The van der Waals surface area contributed by atoms with E-state index in [1.165, 1.54) is 6.07 Å².